The largest absolute Gasteiger partial charge is 0.298 e. The molecule has 0 radical (unpaired) electrons. The van der Waals surface area contributed by atoms with Crippen LogP contribution in [0.15, 0.2) is 35.7 Å². The molecule has 29 heavy (non-hydrogen) atoms. The molecular weight excluding hydrogens is 396 g/mol. The maximum Gasteiger partial charge on any atom is 0.279 e. The lowest BCUT2D eigenvalue weighted by molar-refractivity contribution is -0.395. The molecule has 0 spiro atoms. The fraction of sp³-hybridized carbons (Fsp3) is 0.158. The van der Waals surface area contributed by atoms with Crippen molar-refractivity contribution in [3.63, 3.8) is 0 Å². The Labute approximate surface area is 169 Å². The van der Waals surface area contributed by atoms with Crippen molar-refractivity contribution in [1.29, 1.82) is 0 Å². The highest BCUT2D eigenvalue weighted by Crippen LogP contribution is 2.31. The van der Waals surface area contributed by atoms with Crippen LogP contribution in [-0.4, -0.2) is 20.7 Å². The average Bonchev–Trinajstić information content (AvgIpc) is 3.12. The Bertz CT molecular complexity index is 1120. The van der Waals surface area contributed by atoms with Crippen LogP contribution >= 0.6 is 11.3 Å². The van der Waals surface area contributed by atoms with Crippen LogP contribution in [0, 0.1) is 41.0 Å². The van der Waals surface area contributed by atoms with E-state index in [9.17, 15) is 25.0 Å². The van der Waals surface area contributed by atoms with E-state index in [2.05, 4.69) is 10.3 Å². The summed E-state index contributed by atoms with van der Waals surface area (Å²) in [6.07, 6.45) is 0. The second-order valence-corrected chi connectivity index (χ2v) is 7.30. The molecule has 9 nitrogen and oxygen atoms in total. The smallest absolute Gasteiger partial charge is 0.279 e. The fourth-order valence-electron chi connectivity index (χ4n) is 2.73. The highest BCUT2D eigenvalue weighted by molar-refractivity contribution is 7.14. The number of aromatic nitrogens is 1. The molecule has 1 N–H and O–H groups in total. The number of carbonyl (C=O) groups excluding carboxylic acids is 1. The molecule has 0 fully saturated rings. The van der Waals surface area contributed by atoms with Crippen molar-refractivity contribution in [2.45, 2.75) is 20.8 Å². The van der Waals surface area contributed by atoms with Crippen molar-refractivity contribution in [2.75, 3.05) is 5.32 Å². The Hall–Kier alpha value is -3.66. The lowest BCUT2D eigenvalue weighted by Crippen LogP contribution is -2.13. The molecule has 0 unspecified atom stereocenters. The van der Waals surface area contributed by atoms with Gasteiger partial charge in [0.15, 0.2) is 5.13 Å². The quantitative estimate of drug-likeness (QED) is 0.473. The number of nitrogens with zero attached hydrogens (tertiary/aromatic N) is 3. The molecule has 3 aromatic rings. The average molecular weight is 412 g/mol. The third kappa shape index (κ3) is 4.11. The van der Waals surface area contributed by atoms with Gasteiger partial charge in [-0.3, -0.25) is 30.3 Å². The highest BCUT2D eigenvalue weighted by Gasteiger charge is 2.25. The summed E-state index contributed by atoms with van der Waals surface area (Å²) in [6.45, 7) is 5.27. The fourth-order valence-corrected chi connectivity index (χ4v) is 3.44. The zero-order valence-corrected chi connectivity index (χ0v) is 16.6. The van der Waals surface area contributed by atoms with Crippen LogP contribution in [-0.2, 0) is 0 Å². The van der Waals surface area contributed by atoms with Crippen molar-refractivity contribution in [3.8, 4) is 11.3 Å². The van der Waals surface area contributed by atoms with E-state index in [1.165, 1.54) is 18.3 Å². The van der Waals surface area contributed by atoms with Crippen molar-refractivity contribution >= 4 is 33.8 Å². The van der Waals surface area contributed by atoms with E-state index in [1.807, 2.05) is 32.0 Å². The normalized spacial score (nSPS) is 10.6. The van der Waals surface area contributed by atoms with Gasteiger partial charge in [-0.15, -0.1) is 11.3 Å². The number of benzene rings is 2. The van der Waals surface area contributed by atoms with Crippen molar-refractivity contribution < 1.29 is 14.6 Å². The molecule has 3 rings (SSSR count). The number of thiazole rings is 1. The summed E-state index contributed by atoms with van der Waals surface area (Å²) in [7, 11) is 0. The van der Waals surface area contributed by atoms with Crippen LogP contribution in [0.5, 0.6) is 0 Å². The van der Waals surface area contributed by atoms with E-state index in [0.717, 1.165) is 28.8 Å². The molecule has 0 aliphatic heterocycles. The minimum absolute atomic E-state index is 0.108. The Kier molecular flexibility index (Phi) is 5.37. The SMILES string of the molecule is Cc1ccc(-c2csc(NC(=O)c3cc([N+](=O)[O-])c(C)c([N+](=O)[O-])c3)n2)cc1C. The van der Waals surface area contributed by atoms with E-state index >= 15 is 0 Å². The first-order valence-electron chi connectivity index (χ1n) is 8.45. The second kappa shape index (κ2) is 7.76. The van der Waals surface area contributed by atoms with Crippen LogP contribution in [0.25, 0.3) is 11.3 Å². The molecule has 148 valence electrons. The zero-order chi connectivity index (χ0) is 21.3. The number of amides is 1. The molecule has 10 heteroatoms. The summed E-state index contributed by atoms with van der Waals surface area (Å²) in [6, 6.07) is 7.94. The van der Waals surface area contributed by atoms with Gasteiger partial charge < -0.3 is 0 Å². The Morgan fingerprint density at radius 2 is 1.62 bits per heavy atom. The topological polar surface area (TPSA) is 128 Å². The number of anilines is 1. The first-order valence-corrected chi connectivity index (χ1v) is 9.33. The number of hydrogen-bond donors (Lipinski definition) is 1. The number of rotatable bonds is 5. The molecule has 0 saturated heterocycles. The van der Waals surface area contributed by atoms with E-state index in [0.29, 0.717) is 5.69 Å². The summed E-state index contributed by atoms with van der Waals surface area (Å²) in [5.74, 6) is -0.711. The Morgan fingerprint density at radius 3 is 2.17 bits per heavy atom. The van der Waals surface area contributed by atoms with Gasteiger partial charge in [0.05, 0.1) is 21.1 Å². The van der Waals surface area contributed by atoms with Gasteiger partial charge in [-0.2, -0.15) is 0 Å². The number of nitro benzene ring substituents is 2. The van der Waals surface area contributed by atoms with E-state index in [-0.39, 0.29) is 16.3 Å². The second-order valence-electron chi connectivity index (χ2n) is 6.44. The molecule has 2 aromatic carbocycles. The summed E-state index contributed by atoms with van der Waals surface area (Å²) in [5.41, 5.74) is 2.57. The maximum atomic E-state index is 12.5. The van der Waals surface area contributed by atoms with Crippen molar-refractivity contribution in [1.82, 2.24) is 4.98 Å². The van der Waals surface area contributed by atoms with E-state index < -0.39 is 27.1 Å². The number of aryl methyl sites for hydroxylation is 2. The first-order chi connectivity index (χ1) is 13.7. The van der Waals surface area contributed by atoms with Crippen LogP contribution in [0.3, 0.4) is 0 Å². The highest BCUT2D eigenvalue weighted by atomic mass is 32.1. The molecule has 0 aliphatic rings. The van der Waals surface area contributed by atoms with Crippen LogP contribution in [0.1, 0.15) is 27.0 Å². The van der Waals surface area contributed by atoms with Gasteiger partial charge >= 0.3 is 0 Å². The van der Waals surface area contributed by atoms with Crippen molar-refractivity contribution in [3.05, 3.63) is 78.2 Å². The third-order valence-corrected chi connectivity index (χ3v) is 5.29. The van der Waals surface area contributed by atoms with Gasteiger partial charge in [0, 0.05) is 23.1 Å². The van der Waals surface area contributed by atoms with Crippen LogP contribution in [0.4, 0.5) is 16.5 Å². The minimum atomic E-state index is -0.750. The van der Waals surface area contributed by atoms with Gasteiger partial charge in [-0.05, 0) is 38.0 Å². The van der Waals surface area contributed by atoms with Gasteiger partial charge in [0.2, 0.25) is 0 Å². The van der Waals surface area contributed by atoms with Gasteiger partial charge in [0.1, 0.15) is 5.56 Å². The minimum Gasteiger partial charge on any atom is -0.298 e. The molecule has 0 aliphatic carbocycles. The summed E-state index contributed by atoms with van der Waals surface area (Å²) >= 11 is 1.19. The van der Waals surface area contributed by atoms with E-state index in [1.54, 1.807) is 5.38 Å². The monoisotopic (exact) mass is 412 g/mol. The lowest BCUT2D eigenvalue weighted by Gasteiger charge is -2.05. The number of nitro groups is 2. The molecule has 1 aromatic heterocycles. The summed E-state index contributed by atoms with van der Waals surface area (Å²) in [5, 5.41) is 27.0. The predicted molar refractivity (Wildman–Crippen MR) is 109 cm³/mol. The Balaban J connectivity index is 1.89. The summed E-state index contributed by atoms with van der Waals surface area (Å²) in [4.78, 5) is 37.8. The van der Waals surface area contributed by atoms with E-state index in [4.69, 9.17) is 0 Å². The molecular formula is C19H16N4O5S. The van der Waals surface area contributed by atoms with Crippen molar-refractivity contribution in [2.24, 2.45) is 0 Å². The number of hydrogen-bond acceptors (Lipinski definition) is 7. The number of nitrogens with one attached hydrogen (secondary N) is 1. The summed E-state index contributed by atoms with van der Waals surface area (Å²) < 4.78 is 0. The maximum absolute atomic E-state index is 12.5. The third-order valence-electron chi connectivity index (χ3n) is 4.54. The standard InChI is InChI=1S/C19H16N4O5S/c1-10-4-5-13(6-11(10)2)15-9-29-19(20-15)21-18(24)14-7-16(22(25)26)12(3)17(8-14)23(27)28/h4-9H,1-3H3,(H,20,21,24). The molecule has 0 saturated carbocycles. The number of carbonyl (C=O) groups is 1. The molecule has 1 amide bonds. The Morgan fingerprint density at radius 1 is 1.00 bits per heavy atom. The zero-order valence-electron chi connectivity index (χ0n) is 15.8. The van der Waals surface area contributed by atoms with Crippen LogP contribution in [0.2, 0.25) is 0 Å². The lowest BCUT2D eigenvalue weighted by atomic mass is 10.1. The first kappa shape index (κ1) is 20.1. The molecule has 0 bridgehead atoms. The van der Waals surface area contributed by atoms with Gasteiger partial charge in [0.25, 0.3) is 17.3 Å². The van der Waals surface area contributed by atoms with Gasteiger partial charge in [-0.1, -0.05) is 12.1 Å². The van der Waals surface area contributed by atoms with Crippen LogP contribution < -0.4 is 5.32 Å². The molecule has 0 atom stereocenters. The predicted octanol–water partition coefficient (Wildman–Crippen LogP) is 4.80. The van der Waals surface area contributed by atoms with Gasteiger partial charge in [-0.25, -0.2) is 4.98 Å². The molecule has 1 heterocycles.